The van der Waals surface area contributed by atoms with Gasteiger partial charge in [0.1, 0.15) is 0 Å². The van der Waals surface area contributed by atoms with E-state index < -0.39 is 0 Å². The molecule has 7 heteroatoms. The summed E-state index contributed by atoms with van der Waals surface area (Å²) in [5.41, 5.74) is 0. The fourth-order valence-corrected chi connectivity index (χ4v) is 0. The van der Waals surface area contributed by atoms with Crippen LogP contribution in [0.2, 0.25) is 0 Å². The van der Waals surface area contributed by atoms with Gasteiger partial charge in [0.2, 0.25) is 0 Å². The van der Waals surface area contributed by atoms with Crippen molar-refractivity contribution in [1.82, 2.24) is 0 Å². The summed E-state index contributed by atoms with van der Waals surface area (Å²) in [4.78, 5) is 0. The van der Waals surface area contributed by atoms with Crippen molar-refractivity contribution in [3.8, 4) is 0 Å². The van der Waals surface area contributed by atoms with Crippen LogP contribution in [0.1, 0.15) is 0 Å². The van der Waals surface area contributed by atoms with Gasteiger partial charge in [-0.2, -0.15) is 0 Å². The molecule has 0 radical (unpaired) electrons. The molecule has 0 rings (SSSR count). The molecule has 0 atom stereocenters. The van der Waals surface area contributed by atoms with Gasteiger partial charge in [-0.15, -0.1) is 0 Å². The minimum absolute atomic E-state index is 0. The SMILES string of the molecule is O.O.O.O.O.O.[Mo]. The summed E-state index contributed by atoms with van der Waals surface area (Å²) in [6, 6.07) is 0. The molecule has 0 aliphatic heterocycles. The minimum Gasteiger partial charge on any atom is -0.412 e. The third-order valence-electron chi connectivity index (χ3n) is 0. The maximum atomic E-state index is 0. The smallest absolute Gasteiger partial charge is 0 e. The van der Waals surface area contributed by atoms with Crippen molar-refractivity contribution in [1.29, 1.82) is 0 Å². The zero-order chi connectivity index (χ0) is 0. The van der Waals surface area contributed by atoms with Gasteiger partial charge in [0, 0.05) is 21.1 Å². The van der Waals surface area contributed by atoms with Crippen molar-refractivity contribution in [2.24, 2.45) is 0 Å². The van der Waals surface area contributed by atoms with Crippen molar-refractivity contribution in [2.75, 3.05) is 0 Å². The van der Waals surface area contributed by atoms with E-state index >= 15 is 0 Å². The molecule has 0 aromatic carbocycles. The van der Waals surface area contributed by atoms with Crippen LogP contribution < -0.4 is 0 Å². The van der Waals surface area contributed by atoms with Crippen molar-refractivity contribution in [3.63, 3.8) is 0 Å². The summed E-state index contributed by atoms with van der Waals surface area (Å²) in [5, 5.41) is 0. The van der Waals surface area contributed by atoms with Crippen molar-refractivity contribution >= 4 is 0 Å². The van der Waals surface area contributed by atoms with E-state index in [4.69, 9.17) is 0 Å². The summed E-state index contributed by atoms with van der Waals surface area (Å²) >= 11 is 0. The van der Waals surface area contributed by atoms with E-state index in [0.29, 0.717) is 0 Å². The molecule has 7 heavy (non-hydrogen) atoms. The van der Waals surface area contributed by atoms with Gasteiger partial charge in [-0.25, -0.2) is 0 Å². The molecule has 0 aromatic rings. The first kappa shape index (κ1) is 1540. The van der Waals surface area contributed by atoms with Crippen molar-refractivity contribution < 1.29 is 53.9 Å². The summed E-state index contributed by atoms with van der Waals surface area (Å²) in [6.45, 7) is 0. The molecule has 0 unspecified atom stereocenters. The molecule has 0 saturated heterocycles. The van der Waals surface area contributed by atoms with Gasteiger partial charge in [-0.05, 0) is 0 Å². The van der Waals surface area contributed by atoms with E-state index in [0.717, 1.165) is 0 Å². The minimum atomic E-state index is 0. The second-order valence-corrected chi connectivity index (χ2v) is 0. The molecular weight excluding hydrogens is 192 g/mol. The standard InChI is InChI=1S/Mo.6H2O/h;6*1H2. The van der Waals surface area contributed by atoms with Gasteiger partial charge in [-0.3, -0.25) is 0 Å². The van der Waals surface area contributed by atoms with Crippen LogP contribution in [0.3, 0.4) is 0 Å². The molecule has 0 aliphatic carbocycles. The van der Waals surface area contributed by atoms with Crippen LogP contribution in [0.5, 0.6) is 0 Å². The van der Waals surface area contributed by atoms with Gasteiger partial charge in [0.25, 0.3) is 0 Å². The molecule has 12 N–H and O–H groups in total. The molecule has 0 amide bonds. The van der Waals surface area contributed by atoms with Gasteiger partial charge in [0.05, 0.1) is 0 Å². The Morgan fingerprint density at radius 2 is 0.286 bits per heavy atom. The third kappa shape index (κ3) is 635. The van der Waals surface area contributed by atoms with Crippen LogP contribution in [-0.2, 0) is 21.1 Å². The predicted molar refractivity (Wildman–Crippen MR) is 21.7 cm³/mol. The Morgan fingerprint density at radius 1 is 0.286 bits per heavy atom. The topological polar surface area (TPSA) is 189 Å². The van der Waals surface area contributed by atoms with E-state index in [1.807, 2.05) is 0 Å². The Balaban J connectivity index is 0. The maximum Gasteiger partial charge on any atom is 0 e. The fraction of sp³-hybridized carbons (Fsp3) is 0. The van der Waals surface area contributed by atoms with Crippen molar-refractivity contribution in [2.45, 2.75) is 0 Å². The van der Waals surface area contributed by atoms with E-state index in [2.05, 4.69) is 0 Å². The zero-order valence-electron chi connectivity index (χ0n) is 3.41. The average molecular weight is 204 g/mol. The van der Waals surface area contributed by atoms with Crippen LogP contribution >= 0.6 is 0 Å². The monoisotopic (exact) mass is 206 g/mol. The Hall–Kier alpha value is 0.448. The Bertz CT molecular complexity index is 4.14. The molecule has 54 valence electrons. The van der Waals surface area contributed by atoms with Gasteiger partial charge < -0.3 is 32.9 Å². The quantitative estimate of drug-likeness (QED) is 0.342. The molecule has 0 spiro atoms. The Kier molecular flexibility index (Phi) is 210000. The second-order valence-electron chi connectivity index (χ2n) is 0. The van der Waals surface area contributed by atoms with Crippen LogP contribution in [0.4, 0.5) is 0 Å². The summed E-state index contributed by atoms with van der Waals surface area (Å²) < 4.78 is 0. The maximum absolute atomic E-state index is 0. The number of rotatable bonds is 0. The molecule has 0 fully saturated rings. The molecule has 0 saturated carbocycles. The van der Waals surface area contributed by atoms with E-state index in [-0.39, 0.29) is 53.9 Å². The molecular formula is H12MoO6. The Morgan fingerprint density at radius 3 is 0.286 bits per heavy atom. The molecule has 0 bridgehead atoms. The normalized spacial score (nSPS) is 0. The number of hydrogen-bond acceptors (Lipinski definition) is 0. The average Bonchev–Trinajstić information content (AvgIpc) is 0. The zero-order valence-corrected chi connectivity index (χ0v) is 5.42. The van der Waals surface area contributed by atoms with Crippen LogP contribution in [0.15, 0.2) is 0 Å². The number of hydrogen-bond donors (Lipinski definition) is 0. The predicted octanol–water partition coefficient (Wildman–Crippen LogP) is -4.95. The van der Waals surface area contributed by atoms with E-state index in [1.165, 1.54) is 0 Å². The molecule has 0 heterocycles. The van der Waals surface area contributed by atoms with Crippen LogP contribution in [0, 0.1) is 0 Å². The summed E-state index contributed by atoms with van der Waals surface area (Å²) in [6.07, 6.45) is 0. The summed E-state index contributed by atoms with van der Waals surface area (Å²) in [7, 11) is 0. The van der Waals surface area contributed by atoms with Crippen molar-refractivity contribution in [3.05, 3.63) is 0 Å². The fourth-order valence-electron chi connectivity index (χ4n) is 0. The Labute approximate surface area is 54.6 Å². The van der Waals surface area contributed by atoms with Crippen LogP contribution in [0.25, 0.3) is 0 Å². The summed E-state index contributed by atoms with van der Waals surface area (Å²) in [5.74, 6) is 0. The van der Waals surface area contributed by atoms with Crippen LogP contribution in [-0.4, -0.2) is 32.9 Å². The molecule has 0 aromatic heterocycles. The second kappa shape index (κ2) is 952. The van der Waals surface area contributed by atoms with E-state index in [1.54, 1.807) is 0 Å². The largest absolute Gasteiger partial charge is 0.412 e. The van der Waals surface area contributed by atoms with E-state index in [9.17, 15) is 0 Å². The first-order valence-electron chi connectivity index (χ1n) is 0. The van der Waals surface area contributed by atoms with Gasteiger partial charge >= 0.3 is 0 Å². The van der Waals surface area contributed by atoms with Gasteiger partial charge in [-0.1, -0.05) is 0 Å². The molecule has 0 aliphatic rings. The first-order valence-corrected chi connectivity index (χ1v) is 0. The first-order chi connectivity index (χ1) is 0. The van der Waals surface area contributed by atoms with Gasteiger partial charge in [0.15, 0.2) is 0 Å². The molecule has 6 nitrogen and oxygen atoms in total. The third-order valence-corrected chi connectivity index (χ3v) is 0.